The number of rotatable bonds is 3. The Morgan fingerprint density at radius 2 is 1.95 bits per heavy atom. The molecule has 2 heterocycles. The Bertz CT molecular complexity index is 547. The lowest BCUT2D eigenvalue weighted by Crippen LogP contribution is -2.35. The first-order valence-electron chi connectivity index (χ1n) is 6.65. The van der Waals surface area contributed by atoms with Crippen molar-refractivity contribution in [1.82, 2.24) is 9.88 Å². The van der Waals surface area contributed by atoms with Gasteiger partial charge in [-0.05, 0) is 31.5 Å². The molecule has 0 radical (unpaired) electrons. The summed E-state index contributed by atoms with van der Waals surface area (Å²) in [5.74, 6) is 0. The summed E-state index contributed by atoms with van der Waals surface area (Å²) in [6.07, 6.45) is 2.49. The van der Waals surface area contributed by atoms with Crippen LogP contribution in [0.25, 0.3) is 10.9 Å². The predicted octanol–water partition coefficient (Wildman–Crippen LogP) is 3.00. The van der Waals surface area contributed by atoms with Crippen molar-refractivity contribution in [2.45, 2.75) is 25.4 Å². The van der Waals surface area contributed by atoms with Crippen LogP contribution in [0.4, 0.5) is 0 Å². The number of nitrogens with two attached hydrogens (primary N) is 1. The van der Waals surface area contributed by atoms with E-state index in [0.29, 0.717) is 6.04 Å². The van der Waals surface area contributed by atoms with Gasteiger partial charge in [0.2, 0.25) is 0 Å². The summed E-state index contributed by atoms with van der Waals surface area (Å²) in [4.78, 5) is 7.18. The highest BCUT2D eigenvalue weighted by Crippen LogP contribution is 2.19. The number of para-hydroxylation sites is 1. The molecule has 3 nitrogen and oxygen atoms in total. The van der Waals surface area contributed by atoms with Gasteiger partial charge in [-0.25, -0.2) is 0 Å². The number of nitrogens with zero attached hydrogens (tertiary/aromatic N) is 2. The Labute approximate surface area is 132 Å². The van der Waals surface area contributed by atoms with Crippen molar-refractivity contribution in [1.29, 1.82) is 0 Å². The number of likely N-dealkylation sites (tertiary alicyclic amines) is 1. The van der Waals surface area contributed by atoms with Crippen LogP contribution in [0.5, 0.6) is 0 Å². The lowest BCUT2D eigenvalue weighted by atomic mass is 10.2. The molecule has 5 heteroatoms. The van der Waals surface area contributed by atoms with Crippen LogP contribution >= 0.6 is 24.8 Å². The highest BCUT2D eigenvalue weighted by molar-refractivity contribution is 5.85. The molecule has 0 aliphatic carbocycles. The van der Waals surface area contributed by atoms with Gasteiger partial charge in [-0.2, -0.15) is 0 Å². The molecule has 1 aromatic heterocycles. The summed E-state index contributed by atoms with van der Waals surface area (Å²) in [5.41, 5.74) is 8.04. The molecule has 1 saturated heterocycles. The van der Waals surface area contributed by atoms with Gasteiger partial charge in [0.1, 0.15) is 0 Å². The fraction of sp³-hybridized carbons (Fsp3) is 0.400. The second-order valence-corrected chi connectivity index (χ2v) is 5.00. The summed E-state index contributed by atoms with van der Waals surface area (Å²) in [7, 11) is 0. The van der Waals surface area contributed by atoms with Crippen LogP contribution < -0.4 is 5.73 Å². The topological polar surface area (TPSA) is 42.1 Å². The molecule has 1 aliphatic rings. The lowest BCUT2D eigenvalue weighted by molar-refractivity contribution is 0.247. The second kappa shape index (κ2) is 7.79. The molecular weight excluding hydrogens is 293 g/mol. The molecule has 0 bridgehead atoms. The van der Waals surface area contributed by atoms with E-state index in [9.17, 15) is 0 Å². The van der Waals surface area contributed by atoms with Gasteiger partial charge in [0, 0.05) is 24.5 Å². The van der Waals surface area contributed by atoms with Crippen molar-refractivity contribution in [3.05, 3.63) is 42.1 Å². The average Bonchev–Trinajstić information content (AvgIpc) is 2.86. The highest BCUT2D eigenvalue weighted by atomic mass is 35.5. The van der Waals surface area contributed by atoms with Crippen molar-refractivity contribution in [3.63, 3.8) is 0 Å². The monoisotopic (exact) mass is 313 g/mol. The molecule has 3 rings (SSSR count). The van der Waals surface area contributed by atoms with E-state index in [1.807, 2.05) is 6.07 Å². The zero-order valence-corrected chi connectivity index (χ0v) is 13.0. The molecular formula is C15H21Cl2N3. The summed E-state index contributed by atoms with van der Waals surface area (Å²) < 4.78 is 0. The molecule has 1 unspecified atom stereocenters. The average molecular weight is 314 g/mol. The van der Waals surface area contributed by atoms with Gasteiger partial charge in [-0.1, -0.05) is 24.3 Å². The number of aromatic nitrogens is 1. The van der Waals surface area contributed by atoms with E-state index in [2.05, 4.69) is 35.2 Å². The maximum Gasteiger partial charge on any atom is 0.0705 e. The van der Waals surface area contributed by atoms with Gasteiger partial charge < -0.3 is 5.73 Å². The molecule has 1 aromatic carbocycles. The first kappa shape index (κ1) is 17.2. The fourth-order valence-electron chi connectivity index (χ4n) is 2.77. The molecule has 0 spiro atoms. The standard InChI is InChI=1S/C15H19N3.2ClH/c16-10-14-5-3-9-18(14)11-13-8-7-12-4-1-2-6-15(12)17-13;;/h1-2,4,6-8,14H,3,5,9-11,16H2;2*1H. The largest absolute Gasteiger partial charge is 0.329 e. The van der Waals surface area contributed by atoms with Crippen LogP contribution in [-0.4, -0.2) is 29.0 Å². The number of pyridine rings is 1. The maximum atomic E-state index is 5.81. The van der Waals surface area contributed by atoms with Gasteiger partial charge in [0.25, 0.3) is 0 Å². The molecule has 2 N–H and O–H groups in total. The quantitative estimate of drug-likeness (QED) is 0.947. The Morgan fingerprint density at radius 1 is 1.15 bits per heavy atom. The SMILES string of the molecule is Cl.Cl.NCC1CCCN1Cc1ccc2ccccc2n1. The van der Waals surface area contributed by atoms with E-state index in [1.165, 1.54) is 18.2 Å². The number of fused-ring (bicyclic) bond motifs is 1. The first-order chi connectivity index (χ1) is 8.86. The third-order valence-electron chi connectivity index (χ3n) is 3.79. The molecule has 110 valence electrons. The third kappa shape index (κ3) is 3.61. The van der Waals surface area contributed by atoms with Crippen molar-refractivity contribution in [2.24, 2.45) is 5.73 Å². The smallest absolute Gasteiger partial charge is 0.0705 e. The molecule has 1 fully saturated rings. The van der Waals surface area contributed by atoms with Crippen LogP contribution in [0, 0.1) is 0 Å². The Hall–Kier alpha value is -0.870. The van der Waals surface area contributed by atoms with Crippen molar-refractivity contribution in [2.75, 3.05) is 13.1 Å². The van der Waals surface area contributed by atoms with Crippen molar-refractivity contribution < 1.29 is 0 Å². The molecule has 1 atom stereocenters. The minimum atomic E-state index is 0. The summed E-state index contributed by atoms with van der Waals surface area (Å²) in [6, 6.07) is 13.1. The maximum absolute atomic E-state index is 5.81. The van der Waals surface area contributed by atoms with E-state index in [1.54, 1.807) is 0 Å². The Morgan fingerprint density at radius 3 is 2.75 bits per heavy atom. The van der Waals surface area contributed by atoms with Crippen molar-refractivity contribution >= 4 is 35.7 Å². The van der Waals surface area contributed by atoms with E-state index < -0.39 is 0 Å². The summed E-state index contributed by atoms with van der Waals surface area (Å²) >= 11 is 0. The minimum Gasteiger partial charge on any atom is -0.329 e. The molecule has 0 saturated carbocycles. The van der Waals surface area contributed by atoms with Crippen LogP contribution in [-0.2, 0) is 6.54 Å². The fourth-order valence-corrected chi connectivity index (χ4v) is 2.77. The third-order valence-corrected chi connectivity index (χ3v) is 3.79. The second-order valence-electron chi connectivity index (χ2n) is 5.00. The number of hydrogen-bond acceptors (Lipinski definition) is 3. The lowest BCUT2D eigenvalue weighted by Gasteiger charge is -2.22. The molecule has 2 aromatic rings. The van der Waals surface area contributed by atoms with E-state index in [4.69, 9.17) is 10.7 Å². The normalized spacial score (nSPS) is 18.6. The van der Waals surface area contributed by atoms with Gasteiger partial charge in [0.05, 0.1) is 11.2 Å². The highest BCUT2D eigenvalue weighted by Gasteiger charge is 2.23. The molecule has 1 aliphatic heterocycles. The van der Waals surface area contributed by atoms with Crippen LogP contribution in [0.15, 0.2) is 36.4 Å². The number of hydrogen-bond donors (Lipinski definition) is 1. The summed E-state index contributed by atoms with van der Waals surface area (Å²) in [5, 5.41) is 1.21. The zero-order chi connectivity index (χ0) is 12.4. The van der Waals surface area contributed by atoms with Gasteiger partial charge in [-0.3, -0.25) is 9.88 Å². The van der Waals surface area contributed by atoms with Gasteiger partial charge in [-0.15, -0.1) is 24.8 Å². The minimum absolute atomic E-state index is 0. The van der Waals surface area contributed by atoms with Crippen LogP contribution in [0.1, 0.15) is 18.5 Å². The number of benzene rings is 1. The zero-order valence-electron chi connectivity index (χ0n) is 11.4. The van der Waals surface area contributed by atoms with Crippen LogP contribution in [0.2, 0.25) is 0 Å². The van der Waals surface area contributed by atoms with Gasteiger partial charge in [0.15, 0.2) is 0 Å². The van der Waals surface area contributed by atoms with E-state index in [-0.39, 0.29) is 24.8 Å². The van der Waals surface area contributed by atoms with Gasteiger partial charge >= 0.3 is 0 Å². The van der Waals surface area contributed by atoms with Crippen LogP contribution in [0.3, 0.4) is 0 Å². The Balaban J connectivity index is 0.000001000. The van der Waals surface area contributed by atoms with Crippen molar-refractivity contribution in [3.8, 4) is 0 Å². The first-order valence-corrected chi connectivity index (χ1v) is 6.65. The molecule has 20 heavy (non-hydrogen) atoms. The number of halogens is 2. The van der Waals surface area contributed by atoms with E-state index in [0.717, 1.165) is 30.8 Å². The summed E-state index contributed by atoms with van der Waals surface area (Å²) in [6.45, 7) is 2.83. The predicted molar refractivity (Wildman–Crippen MR) is 88.7 cm³/mol. The Kier molecular flexibility index (Phi) is 6.69. The van der Waals surface area contributed by atoms with E-state index >= 15 is 0 Å². The molecule has 0 amide bonds.